The lowest BCUT2D eigenvalue weighted by molar-refractivity contribution is -0.395. The van der Waals surface area contributed by atoms with Crippen LogP contribution in [0.25, 0.3) is 11.1 Å². The summed E-state index contributed by atoms with van der Waals surface area (Å²) in [6, 6.07) is 8.68. The Labute approximate surface area is 196 Å². The molecule has 0 aliphatic heterocycles. The van der Waals surface area contributed by atoms with Gasteiger partial charge >= 0.3 is 5.97 Å². The largest absolute Gasteiger partial charge is 0.465 e. The maximum Gasteiger partial charge on any atom is 0.341 e. The van der Waals surface area contributed by atoms with Crippen molar-refractivity contribution in [3.8, 4) is 11.1 Å². The van der Waals surface area contributed by atoms with Crippen LogP contribution in [0.5, 0.6) is 0 Å². The fourth-order valence-electron chi connectivity index (χ4n) is 3.29. The third-order valence-corrected chi connectivity index (χ3v) is 6.08. The number of nitro groups is 2. The molecule has 170 valence electrons. The second-order valence-corrected chi connectivity index (χ2v) is 8.51. The summed E-state index contributed by atoms with van der Waals surface area (Å²) in [5.41, 5.74) is -0.401. The minimum atomic E-state index is -0.856. The third kappa shape index (κ3) is 4.69. The van der Waals surface area contributed by atoms with Crippen LogP contribution < -0.4 is 5.32 Å². The average Bonchev–Trinajstić information content (AvgIpc) is 3.08. The number of carbonyl (C=O) groups excluding carboxylic acids is 2. The molecule has 3 rings (SSSR count). The zero-order valence-corrected chi connectivity index (χ0v) is 19.1. The number of amides is 1. The lowest BCUT2D eigenvalue weighted by Gasteiger charge is -2.09. The van der Waals surface area contributed by atoms with Gasteiger partial charge < -0.3 is 10.1 Å². The Hall–Kier alpha value is -3.83. The molecule has 0 bridgehead atoms. The third-order valence-electron chi connectivity index (χ3n) is 4.82. The van der Waals surface area contributed by atoms with Crippen molar-refractivity contribution >= 4 is 51.2 Å². The second-order valence-electron chi connectivity index (χ2n) is 6.85. The number of aryl methyl sites for hydroxylation is 1. The molecule has 0 saturated carbocycles. The lowest BCUT2D eigenvalue weighted by Crippen LogP contribution is -2.15. The van der Waals surface area contributed by atoms with E-state index in [1.807, 2.05) is 0 Å². The highest BCUT2D eigenvalue weighted by atomic mass is 35.5. The van der Waals surface area contributed by atoms with Crippen LogP contribution in [0.3, 0.4) is 0 Å². The van der Waals surface area contributed by atoms with E-state index in [9.17, 15) is 29.8 Å². The molecular formula is C21H16ClN3O7S. The number of ether oxygens (including phenoxy) is 1. The Balaban J connectivity index is 2.12. The molecule has 1 amide bonds. The van der Waals surface area contributed by atoms with Gasteiger partial charge in [-0.25, -0.2) is 4.79 Å². The van der Waals surface area contributed by atoms with E-state index in [1.54, 1.807) is 31.2 Å². The molecule has 0 aliphatic carbocycles. The zero-order valence-electron chi connectivity index (χ0n) is 17.5. The first-order chi connectivity index (χ1) is 15.5. The zero-order chi connectivity index (χ0) is 24.4. The molecule has 0 radical (unpaired) electrons. The van der Waals surface area contributed by atoms with E-state index in [1.165, 1.54) is 14.0 Å². The molecule has 0 spiro atoms. The van der Waals surface area contributed by atoms with Crippen molar-refractivity contribution in [1.29, 1.82) is 0 Å². The normalized spacial score (nSPS) is 10.5. The van der Waals surface area contributed by atoms with Crippen molar-refractivity contribution in [3.63, 3.8) is 0 Å². The Morgan fingerprint density at radius 1 is 1.06 bits per heavy atom. The fraction of sp³-hybridized carbons (Fsp3) is 0.143. The maximum absolute atomic E-state index is 12.9. The number of halogens is 1. The number of hydrogen-bond donors (Lipinski definition) is 1. The highest BCUT2D eigenvalue weighted by Crippen LogP contribution is 2.41. The number of carbonyl (C=O) groups is 2. The van der Waals surface area contributed by atoms with Crippen LogP contribution in [-0.4, -0.2) is 28.8 Å². The predicted octanol–water partition coefficient (Wildman–Crippen LogP) is 5.54. The van der Waals surface area contributed by atoms with E-state index in [-0.39, 0.29) is 21.7 Å². The molecule has 0 fully saturated rings. The first-order valence-electron chi connectivity index (χ1n) is 9.27. The molecule has 2 aromatic carbocycles. The monoisotopic (exact) mass is 489 g/mol. The molecule has 0 aliphatic rings. The van der Waals surface area contributed by atoms with Gasteiger partial charge in [-0.1, -0.05) is 23.7 Å². The minimum Gasteiger partial charge on any atom is -0.465 e. The van der Waals surface area contributed by atoms with Crippen molar-refractivity contribution in [2.75, 3.05) is 12.4 Å². The molecule has 33 heavy (non-hydrogen) atoms. The SMILES string of the molecule is COC(=O)c1c(NC(=O)c2cc([N+](=O)[O-])c(C)c([N+](=O)[O-])c2)sc(C)c1-c1cccc(Cl)c1. The summed E-state index contributed by atoms with van der Waals surface area (Å²) in [6.07, 6.45) is 0. The van der Waals surface area contributed by atoms with Crippen molar-refractivity contribution in [2.24, 2.45) is 0 Å². The Kier molecular flexibility index (Phi) is 6.75. The molecule has 1 heterocycles. The standard InChI is InChI=1S/C21H16ClN3O7S/c1-10-15(24(28)29)8-13(9-16(10)25(30)31)19(26)23-20-18(21(27)32-3)17(11(2)33-20)12-5-4-6-14(22)7-12/h4-9H,1-3H3,(H,23,26). The van der Waals surface area contributed by atoms with E-state index >= 15 is 0 Å². The molecule has 10 nitrogen and oxygen atoms in total. The van der Waals surface area contributed by atoms with Gasteiger partial charge in [0.25, 0.3) is 17.3 Å². The fourth-order valence-corrected chi connectivity index (χ4v) is 4.54. The molecule has 0 saturated heterocycles. The van der Waals surface area contributed by atoms with E-state index < -0.39 is 33.1 Å². The highest BCUT2D eigenvalue weighted by Gasteiger charge is 2.28. The summed E-state index contributed by atoms with van der Waals surface area (Å²) in [4.78, 5) is 47.3. The summed E-state index contributed by atoms with van der Waals surface area (Å²) < 4.78 is 4.89. The number of hydrogen-bond acceptors (Lipinski definition) is 8. The van der Waals surface area contributed by atoms with Crippen LogP contribution in [0.2, 0.25) is 5.02 Å². The molecule has 3 aromatic rings. The summed E-state index contributed by atoms with van der Waals surface area (Å²) >= 11 is 7.17. The second kappa shape index (κ2) is 9.35. The first kappa shape index (κ1) is 23.8. The van der Waals surface area contributed by atoms with Crippen molar-refractivity contribution in [3.05, 3.63) is 83.2 Å². The van der Waals surface area contributed by atoms with E-state index in [2.05, 4.69) is 5.32 Å². The van der Waals surface area contributed by atoms with Gasteiger partial charge in [-0.3, -0.25) is 25.0 Å². The van der Waals surface area contributed by atoms with Gasteiger partial charge in [0.15, 0.2) is 0 Å². The van der Waals surface area contributed by atoms with Gasteiger partial charge in [-0.2, -0.15) is 0 Å². The predicted molar refractivity (Wildman–Crippen MR) is 123 cm³/mol. The molecule has 0 unspecified atom stereocenters. The first-order valence-corrected chi connectivity index (χ1v) is 10.5. The molecule has 1 aromatic heterocycles. The van der Waals surface area contributed by atoms with Crippen LogP contribution in [0.1, 0.15) is 31.2 Å². The number of benzene rings is 2. The number of nitrogens with zero attached hydrogens (tertiary/aromatic N) is 2. The number of nitro benzene ring substituents is 2. The average molecular weight is 490 g/mol. The lowest BCUT2D eigenvalue weighted by atomic mass is 10.0. The summed E-state index contributed by atoms with van der Waals surface area (Å²) in [6.45, 7) is 2.97. The quantitative estimate of drug-likeness (QED) is 0.272. The van der Waals surface area contributed by atoms with Crippen molar-refractivity contribution in [2.45, 2.75) is 13.8 Å². The van der Waals surface area contributed by atoms with Gasteiger partial charge in [-0.15, -0.1) is 11.3 Å². The van der Waals surface area contributed by atoms with Crippen LogP contribution in [0.15, 0.2) is 36.4 Å². The number of anilines is 1. The van der Waals surface area contributed by atoms with E-state index in [0.29, 0.717) is 21.0 Å². The van der Waals surface area contributed by atoms with Gasteiger partial charge in [0.2, 0.25) is 0 Å². The Morgan fingerprint density at radius 2 is 1.67 bits per heavy atom. The topological polar surface area (TPSA) is 142 Å². The number of thiophene rings is 1. The summed E-state index contributed by atoms with van der Waals surface area (Å²) in [5, 5.41) is 25.8. The smallest absolute Gasteiger partial charge is 0.341 e. The van der Waals surface area contributed by atoms with Gasteiger partial charge in [0, 0.05) is 27.6 Å². The van der Waals surface area contributed by atoms with Crippen molar-refractivity contribution in [1.82, 2.24) is 0 Å². The van der Waals surface area contributed by atoms with Crippen LogP contribution in [-0.2, 0) is 4.74 Å². The van der Waals surface area contributed by atoms with E-state index in [4.69, 9.17) is 16.3 Å². The maximum atomic E-state index is 12.9. The number of rotatable bonds is 6. The highest BCUT2D eigenvalue weighted by molar-refractivity contribution is 7.17. The molecular weight excluding hydrogens is 474 g/mol. The van der Waals surface area contributed by atoms with Gasteiger partial charge in [-0.05, 0) is 31.5 Å². The summed E-state index contributed by atoms with van der Waals surface area (Å²) in [7, 11) is 1.19. The summed E-state index contributed by atoms with van der Waals surface area (Å²) in [5.74, 6) is -1.57. The molecule has 12 heteroatoms. The number of methoxy groups -OCH3 is 1. The molecule has 1 N–H and O–H groups in total. The Morgan fingerprint density at radius 3 is 2.18 bits per heavy atom. The van der Waals surface area contributed by atoms with E-state index in [0.717, 1.165) is 23.5 Å². The molecule has 0 atom stereocenters. The number of nitrogens with one attached hydrogen (secondary N) is 1. The minimum absolute atomic E-state index is 0.0757. The van der Waals surface area contributed by atoms with Gasteiger partial charge in [0.1, 0.15) is 16.1 Å². The van der Waals surface area contributed by atoms with Gasteiger partial charge in [0.05, 0.1) is 22.5 Å². The van der Waals surface area contributed by atoms with Crippen molar-refractivity contribution < 1.29 is 24.2 Å². The number of esters is 1. The Bertz CT molecular complexity index is 1280. The van der Waals surface area contributed by atoms with Crippen LogP contribution in [0.4, 0.5) is 16.4 Å². The van der Waals surface area contributed by atoms with Crippen LogP contribution >= 0.6 is 22.9 Å². The van der Waals surface area contributed by atoms with Crippen LogP contribution in [0, 0.1) is 34.1 Å².